The molecule has 3 rings (SSSR count). The van der Waals surface area contributed by atoms with Crippen molar-refractivity contribution in [3.05, 3.63) is 71.0 Å². The third-order valence-electron chi connectivity index (χ3n) is 4.48. The number of pyridine rings is 1. The van der Waals surface area contributed by atoms with E-state index in [9.17, 15) is 10.4 Å². The molecule has 1 aliphatic rings. The van der Waals surface area contributed by atoms with Crippen molar-refractivity contribution in [3.8, 4) is 11.8 Å². The summed E-state index contributed by atoms with van der Waals surface area (Å²) in [6.07, 6.45) is 3.77. The summed E-state index contributed by atoms with van der Waals surface area (Å²) in [5.41, 5.74) is 0.113. The van der Waals surface area contributed by atoms with Crippen LogP contribution in [0.15, 0.2) is 65.5 Å². The van der Waals surface area contributed by atoms with E-state index < -0.39 is 11.8 Å². The Bertz CT molecular complexity index is 826. The Kier molecular flexibility index (Phi) is 4.71. The number of hydrogen-bond donors (Lipinski definition) is 3. The molecule has 0 bridgehead atoms. The molecular formula is C19H20N3O2S+. The highest BCUT2D eigenvalue weighted by Crippen LogP contribution is 2.43. The molecule has 2 heterocycles. The lowest BCUT2D eigenvalue weighted by Crippen LogP contribution is -2.62. The number of methoxy groups -OCH3 is 1. The summed E-state index contributed by atoms with van der Waals surface area (Å²) in [6, 6.07) is 15.1. The number of nitriles is 1. The molecule has 128 valence electrons. The van der Waals surface area contributed by atoms with Gasteiger partial charge in [0, 0.05) is 12.1 Å². The van der Waals surface area contributed by atoms with Gasteiger partial charge in [0.1, 0.15) is 5.75 Å². The lowest BCUT2D eigenvalue weighted by molar-refractivity contribution is -0.741. The zero-order chi connectivity index (χ0) is 18.0. The normalized spacial score (nSPS) is 25.9. The van der Waals surface area contributed by atoms with Crippen LogP contribution in [0.5, 0.6) is 5.75 Å². The summed E-state index contributed by atoms with van der Waals surface area (Å²) in [5.74, 6) is 0.383. The van der Waals surface area contributed by atoms with Gasteiger partial charge >= 0.3 is 0 Å². The van der Waals surface area contributed by atoms with Gasteiger partial charge in [-0.3, -0.25) is 0 Å². The van der Waals surface area contributed by atoms with Crippen molar-refractivity contribution in [3.63, 3.8) is 0 Å². The number of aliphatic hydroxyl groups is 1. The number of aromatic nitrogens is 1. The number of rotatable bonds is 3. The second kappa shape index (κ2) is 6.79. The number of allylic oxidation sites excluding steroid dienone is 1. The summed E-state index contributed by atoms with van der Waals surface area (Å²) in [5, 5.41) is 24.1. The Morgan fingerprint density at radius 3 is 2.44 bits per heavy atom. The van der Waals surface area contributed by atoms with Gasteiger partial charge in [0.2, 0.25) is 6.04 Å². The molecule has 2 N–H and O–H groups in total. The maximum Gasteiger partial charge on any atom is 0.216 e. The highest BCUT2D eigenvalue weighted by atomic mass is 32.1. The fourth-order valence-electron chi connectivity index (χ4n) is 3.35. The second-order valence-electron chi connectivity index (χ2n) is 6.16. The second-order valence-corrected chi connectivity index (χ2v) is 6.61. The minimum absolute atomic E-state index is 0.355. The topological polar surface area (TPSA) is 69.2 Å². The number of benzene rings is 1. The van der Waals surface area contributed by atoms with E-state index in [-0.39, 0.29) is 5.92 Å². The van der Waals surface area contributed by atoms with Gasteiger partial charge in [-0.15, -0.1) is 12.6 Å². The predicted molar refractivity (Wildman–Crippen MR) is 96.8 cm³/mol. The van der Waals surface area contributed by atoms with Crippen LogP contribution in [0.2, 0.25) is 0 Å². The molecule has 0 radical (unpaired) electrons. The lowest BCUT2D eigenvalue weighted by Gasteiger charge is -2.39. The van der Waals surface area contributed by atoms with Crippen molar-refractivity contribution in [2.24, 2.45) is 0 Å². The van der Waals surface area contributed by atoms with Gasteiger partial charge in [-0.25, -0.2) is 0 Å². The number of nitrogens with zero attached hydrogens (tertiary/aromatic N) is 2. The molecular weight excluding hydrogens is 334 g/mol. The molecule has 6 heteroatoms. The zero-order valence-electron chi connectivity index (χ0n) is 14.0. The van der Waals surface area contributed by atoms with E-state index in [1.54, 1.807) is 14.0 Å². The number of hydrogen-bond acceptors (Lipinski definition) is 5. The quantitative estimate of drug-likeness (QED) is 0.584. The van der Waals surface area contributed by atoms with Crippen molar-refractivity contribution < 1.29 is 14.4 Å². The molecule has 1 aromatic heterocycles. The van der Waals surface area contributed by atoms with Crippen LogP contribution in [-0.4, -0.2) is 17.9 Å². The average molecular weight is 354 g/mol. The van der Waals surface area contributed by atoms with Gasteiger partial charge in [0.15, 0.2) is 18.1 Å². The third-order valence-corrected chi connectivity index (χ3v) is 4.84. The number of nitrogens with one attached hydrogen (secondary N) is 1. The molecule has 0 saturated carbocycles. The first kappa shape index (κ1) is 17.3. The first-order valence-corrected chi connectivity index (χ1v) is 8.36. The van der Waals surface area contributed by atoms with Crippen LogP contribution in [-0.2, 0) is 0 Å². The maximum atomic E-state index is 11.1. The van der Waals surface area contributed by atoms with Gasteiger partial charge in [-0.2, -0.15) is 9.83 Å². The van der Waals surface area contributed by atoms with E-state index in [1.807, 2.05) is 59.4 Å². The Morgan fingerprint density at radius 1 is 1.24 bits per heavy atom. The number of thiol groups is 1. The molecule has 2 aromatic rings. The standard InChI is InChI=1S/C19H19N3O2S/c1-19(23)17(22-10-4-3-5-11-22)16(15(12-20)18(25)21-19)13-6-8-14(24-2)9-7-13/h3-11,16-17,21,23H,1-2H3/p+1/t16-,17-,19-/m1/s1. The van der Waals surface area contributed by atoms with Crippen LogP contribution in [0.25, 0.3) is 0 Å². The summed E-state index contributed by atoms with van der Waals surface area (Å²) in [4.78, 5) is 0. The molecule has 0 unspecified atom stereocenters. The lowest BCUT2D eigenvalue weighted by atomic mass is 9.78. The molecule has 3 atom stereocenters. The molecule has 0 aliphatic carbocycles. The smallest absolute Gasteiger partial charge is 0.216 e. The Balaban J connectivity index is 2.19. The third kappa shape index (κ3) is 3.21. The summed E-state index contributed by atoms with van der Waals surface area (Å²) < 4.78 is 7.14. The molecule has 0 fully saturated rings. The van der Waals surface area contributed by atoms with E-state index >= 15 is 0 Å². The Hall–Kier alpha value is -2.49. The van der Waals surface area contributed by atoms with Gasteiger partial charge in [-0.05, 0) is 24.6 Å². The summed E-state index contributed by atoms with van der Waals surface area (Å²) in [7, 11) is 1.61. The van der Waals surface area contributed by atoms with Crippen molar-refractivity contribution in [1.29, 1.82) is 5.26 Å². The fraction of sp³-hybridized carbons (Fsp3) is 0.263. The van der Waals surface area contributed by atoms with Crippen LogP contribution in [0.1, 0.15) is 24.4 Å². The van der Waals surface area contributed by atoms with Crippen molar-refractivity contribution in [2.75, 3.05) is 7.11 Å². The maximum absolute atomic E-state index is 11.1. The largest absolute Gasteiger partial charge is 0.497 e. The van der Waals surface area contributed by atoms with Crippen molar-refractivity contribution in [1.82, 2.24) is 5.32 Å². The van der Waals surface area contributed by atoms with E-state index in [4.69, 9.17) is 4.74 Å². The first-order chi connectivity index (χ1) is 12.0. The monoisotopic (exact) mass is 354 g/mol. The van der Waals surface area contributed by atoms with E-state index in [0.29, 0.717) is 10.6 Å². The minimum atomic E-state index is -1.28. The summed E-state index contributed by atoms with van der Waals surface area (Å²) >= 11 is 4.40. The van der Waals surface area contributed by atoms with E-state index in [2.05, 4.69) is 24.0 Å². The Morgan fingerprint density at radius 2 is 1.88 bits per heavy atom. The van der Waals surface area contributed by atoms with Crippen molar-refractivity contribution >= 4 is 12.6 Å². The zero-order valence-corrected chi connectivity index (χ0v) is 14.9. The van der Waals surface area contributed by atoms with Gasteiger partial charge in [0.05, 0.1) is 29.7 Å². The Labute approximate surface area is 152 Å². The molecule has 5 nitrogen and oxygen atoms in total. The first-order valence-electron chi connectivity index (χ1n) is 7.91. The SMILES string of the molecule is COc1ccc([C@@H]2C(C#N)=C(S)N[C@](C)(O)[C@@H]2[n+]2ccccc2)cc1. The van der Waals surface area contributed by atoms with Crippen molar-refractivity contribution in [2.45, 2.75) is 24.6 Å². The van der Waals surface area contributed by atoms with Gasteiger partial charge < -0.3 is 15.2 Å². The number of ether oxygens (including phenoxy) is 1. The predicted octanol–water partition coefficient (Wildman–Crippen LogP) is 2.28. The van der Waals surface area contributed by atoms with Crippen LogP contribution in [0.3, 0.4) is 0 Å². The van der Waals surface area contributed by atoms with Gasteiger partial charge in [-0.1, -0.05) is 18.2 Å². The summed E-state index contributed by atoms with van der Waals surface area (Å²) in [6.45, 7) is 1.69. The molecule has 25 heavy (non-hydrogen) atoms. The van der Waals surface area contributed by atoms with E-state index in [0.717, 1.165) is 11.3 Å². The molecule has 1 aliphatic heterocycles. The molecule has 1 aromatic carbocycles. The highest BCUT2D eigenvalue weighted by molar-refractivity contribution is 7.84. The fourth-order valence-corrected chi connectivity index (χ4v) is 3.77. The van der Waals surface area contributed by atoms with Crippen LogP contribution in [0.4, 0.5) is 0 Å². The molecule has 0 saturated heterocycles. The van der Waals surface area contributed by atoms with Crippen LogP contribution < -0.4 is 14.6 Å². The van der Waals surface area contributed by atoms with Gasteiger partial charge in [0.25, 0.3) is 0 Å². The van der Waals surface area contributed by atoms with E-state index in [1.165, 1.54) is 0 Å². The molecule has 0 amide bonds. The van der Waals surface area contributed by atoms with Crippen LogP contribution >= 0.6 is 12.6 Å². The van der Waals surface area contributed by atoms with Crippen LogP contribution in [0, 0.1) is 11.3 Å². The highest BCUT2D eigenvalue weighted by Gasteiger charge is 2.51. The average Bonchev–Trinajstić information content (AvgIpc) is 2.61. The minimum Gasteiger partial charge on any atom is -0.497 e. The molecule has 0 spiro atoms.